The predicted molar refractivity (Wildman–Crippen MR) is 147 cm³/mol. The van der Waals surface area contributed by atoms with Gasteiger partial charge in [-0.1, -0.05) is 13.0 Å². The molecule has 2 amide bonds. The maximum atomic E-state index is 14.3. The molecule has 0 saturated carbocycles. The second kappa shape index (κ2) is 11.7. The molecule has 16 heteroatoms. The Morgan fingerprint density at radius 3 is 2.49 bits per heavy atom. The number of amides is 2. The molecule has 0 spiro atoms. The van der Waals surface area contributed by atoms with Crippen LogP contribution in [-0.4, -0.2) is 80.6 Å². The van der Waals surface area contributed by atoms with E-state index < -0.39 is 41.7 Å². The molecular formula is C27H29F4N7O5. The number of aromatic nitrogens is 4. The molecule has 0 aliphatic carbocycles. The van der Waals surface area contributed by atoms with Gasteiger partial charge in [0.2, 0.25) is 11.7 Å². The lowest BCUT2D eigenvalue weighted by atomic mass is 10.1. The summed E-state index contributed by atoms with van der Waals surface area (Å²) in [7, 11) is 0. The van der Waals surface area contributed by atoms with Gasteiger partial charge in [0, 0.05) is 31.9 Å². The van der Waals surface area contributed by atoms with E-state index in [0.29, 0.717) is 37.5 Å². The van der Waals surface area contributed by atoms with Crippen LogP contribution in [0.2, 0.25) is 0 Å². The summed E-state index contributed by atoms with van der Waals surface area (Å²) in [5.41, 5.74) is -0.616. The van der Waals surface area contributed by atoms with E-state index in [0.717, 1.165) is 10.1 Å². The van der Waals surface area contributed by atoms with Crippen LogP contribution < -0.4 is 15.8 Å². The van der Waals surface area contributed by atoms with Crippen molar-refractivity contribution in [2.75, 3.05) is 49.6 Å². The van der Waals surface area contributed by atoms with Gasteiger partial charge in [-0.25, -0.2) is 9.18 Å². The van der Waals surface area contributed by atoms with Crippen LogP contribution in [0.3, 0.4) is 0 Å². The van der Waals surface area contributed by atoms with E-state index in [9.17, 15) is 37.1 Å². The zero-order chi connectivity index (χ0) is 31.1. The van der Waals surface area contributed by atoms with Crippen molar-refractivity contribution in [3.63, 3.8) is 0 Å². The van der Waals surface area contributed by atoms with Crippen molar-refractivity contribution in [2.24, 2.45) is 0 Å². The van der Waals surface area contributed by atoms with Gasteiger partial charge in [0.25, 0.3) is 5.56 Å². The van der Waals surface area contributed by atoms with Gasteiger partial charge < -0.3 is 29.5 Å². The van der Waals surface area contributed by atoms with Gasteiger partial charge >= 0.3 is 12.3 Å². The highest BCUT2D eigenvalue weighted by atomic mass is 19.4. The molecule has 2 aromatic heterocycles. The smallest absolute Gasteiger partial charge is 0.419 e. The maximum absolute atomic E-state index is 14.3. The molecule has 1 aromatic carbocycles. The van der Waals surface area contributed by atoms with Crippen LogP contribution in [0, 0.1) is 12.7 Å². The van der Waals surface area contributed by atoms with Crippen LogP contribution in [0.1, 0.15) is 36.0 Å². The van der Waals surface area contributed by atoms with Crippen LogP contribution in [-0.2, 0) is 28.7 Å². The van der Waals surface area contributed by atoms with Crippen LogP contribution >= 0.6 is 0 Å². The first-order valence-electron chi connectivity index (χ1n) is 13.6. The number of carbonyl (C=O) groups excluding carboxylic acids is 1. The normalized spacial score (nSPS) is 16.0. The number of piperazine rings is 1. The number of ether oxygens (including phenoxy) is 1. The van der Waals surface area contributed by atoms with Crippen molar-refractivity contribution in [1.29, 1.82) is 0 Å². The summed E-state index contributed by atoms with van der Waals surface area (Å²) in [4.78, 5) is 46.2. The van der Waals surface area contributed by atoms with Crippen molar-refractivity contribution in [1.82, 2.24) is 24.1 Å². The van der Waals surface area contributed by atoms with Crippen molar-refractivity contribution in [3.8, 4) is 0 Å². The number of carbonyl (C=O) groups is 2. The molecule has 1 fully saturated rings. The van der Waals surface area contributed by atoms with E-state index in [2.05, 4.69) is 15.4 Å². The van der Waals surface area contributed by atoms with Crippen LogP contribution in [0.4, 0.5) is 33.7 Å². The fraction of sp³-hybridized carbons (Fsp3) is 0.444. The quantitative estimate of drug-likeness (QED) is 0.409. The minimum absolute atomic E-state index is 0.0102. The maximum Gasteiger partial charge on any atom is 0.419 e. The lowest BCUT2D eigenvalue weighted by Gasteiger charge is -2.35. The first kappa shape index (κ1) is 30.0. The zero-order valence-corrected chi connectivity index (χ0v) is 23.4. The Hall–Kier alpha value is -4.47. The molecule has 2 aliphatic rings. The van der Waals surface area contributed by atoms with Crippen LogP contribution in [0.25, 0.3) is 11.4 Å². The number of aryl methyl sites for hydroxylation is 1. The summed E-state index contributed by atoms with van der Waals surface area (Å²) in [5, 5.41) is 16.3. The van der Waals surface area contributed by atoms with Gasteiger partial charge in [-0.15, -0.1) is 5.10 Å². The largest absolute Gasteiger partial charge is 0.465 e. The fourth-order valence-electron chi connectivity index (χ4n) is 5.28. The highest BCUT2D eigenvalue weighted by molar-refractivity contribution is 5.91. The third kappa shape index (κ3) is 5.91. The summed E-state index contributed by atoms with van der Waals surface area (Å²) >= 11 is 0. The second-order valence-electron chi connectivity index (χ2n) is 10.2. The van der Waals surface area contributed by atoms with E-state index >= 15 is 0 Å². The summed E-state index contributed by atoms with van der Waals surface area (Å²) < 4.78 is 61.7. The topological polar surface area (TPSA) is 134 Å². The van der Waals surface area contributed by atoms with E-state index in [1.807, 2.05) is 0 Å². The van der Waals surface area contributed by atoms with Crippen molar-refractivity contribution >= 4 is 34.7 Å². The Kier molecular flexibility index (Phi) is 8.14. The molecule has 230 valence electrons. The van der Waals surface area contributed by atoms with Gasteiger partial charge in [-0.05, 0) is 43.0 Å². The van der Waals surface area contributed by atoms with Gasteiger partial charge in [-0.2, -0.15) is 22.7 Å². The molecular weight excluding hydrogens is 578 g/mol. The monoisotopic (exact) mass is 607 g/mol. The number of nitrogens with one attached hydrogen (secondary N) is 1. The summed E-state index contributed by atoms with van der Waals surface area (Å²) in [6.45, 7) is 4.23. The van der Waals surface area contributed by atoms with E-state index in [1.54, 1.807) is 17.9 Å². The van der Waals surface area contributed by atoms with Crippen molar-refractivity contribution in [3.05, 3.63) is 57.0 Å². The number of carboxylic acid groups (broad SMARTS) is 1. The number of anilines is 2. The SMILES string of the molecule is CCc1c(N2CCN(C(=O)O)CC2)c(=O)n2nc(C3=CCOCC3)nc2n1CC(=O)Nc1cc(F)c(C(F)(F)F)cc1C. The van der Waals surface area contributed by atoms with Gasteiger partial charge in [0.1, 0.15) is 18.0 Å². The van der Waals surface area contributed by atoms with E-state index in [4.69, 9.17) is 4.74 Å². The minimum atomic E-state index is -4.90. The first-order chi connectivity index (χ1) is 20.4. The number of hydrogen-bond donors (Lipinski definition) is 2. The molecule has 1 saturated heterocycles. The Balaban J connectivity index is 1.57. The number of nitrogens with zero attached hydrogens (tertiary/aromatic N) is 6. The third-order valence-corrected chi connectivity index (χ3v) is 7.47. The van der Waals surface area contributed by atoms with Gasteiger partial charge in [-0.3, -0.25) is 9.59 Å². The zero-order valence-electron chi connectivity index (χ0n) is 23.4. The van der Waals surface area contributed by atoms with Gasteiger partial charge in [0.05, 0.1) is 24.5 Å². The fourth-order valence-corrected chi connectivity index (χ4v) is 5.28. The lowest BCUT2D eigenvalue weighted by molar-refractivity contribution is -0.140. The predicted octanol–water partition coefficient (Wildman–Crippen LogP) is 3.16. The Labute approximate surface area is 242 Å². The summed E-state index contributed by atoms with van der Waals surface area (Å²) in [6, 6.07) is 1.25. The molecule has 3 aromatic rings. The number of hydrogen-bond acceptors (Lipinski definition) is 7. The van der Waals surface area contributed by atoms with Crippen molar-refractivity contribution in [2.45, 2.75) is 39.4 Å². The first-order valence-corrected chi connectivity index (χ1v) is 13.6. The average Bonchev–Trinajstić information content (AvgIpc) is 3.42. The number of alkyl halides is 3. The molecule has 0 radical (unpaired) electrons. The summed E-state index contributed by atoms with van der Waals surface area (Å²) in [5.74, 6) is -1.87. The van der Waals surface area contributed by atoms with Gasteiger partial charge in [0.15, 0.2) is 5.82 Å². The van der Waals surface area contributed by atoms with E-state index in [1.165, 1.54) is 16.4 Å². The highest BCUT2D eigenvalue weighted by Gasteiger charge is 2.35. The lowest BCUT2D eigenvalue weighted by Crippen LogP contribution is -2.50. The van der Waals surface area contributed by atoms with Crippen molar-refractivity contribution < 1.29 is 37.0 Å². The molecule has 0 atom stereocenters. The molecule has 5 rings (SSSR count). The molecule has 2 N–H and O–H groups in total. The third-order valence-electron chi connectivity index (χ3n) is 7.47. The number of halogens is 4. The molecule has 12 nitrogen and oxygen atoms in total. The Bertz CT molecular complexity index is 1670. The number of rotatable bonds is 6. The molecule has 2 aliphatic heterocycles. The Morgan fingerprint density at radius 1 is 1.16 bits per heavy atom. The van der Waals surface area contributed by atoms with E-state index in [-0.39, 0.29) is 61.1 Å². The minimum Gasteiger partial charge on any atom is -0.465 e. The molecule has 0 unspecified atom stereocenters. The highest BCUT2D eigenvalue weighted by Crippen LogP contribution is 2.34. The standard InChI is InChI=1S/C27H29F4N7O5/c1-3-20-22(35-6-8-36(9-7-35)26(41)42)24(40)38-25(33-23(34-38)16-4-10-43-11-5-16)37(20)14-21(39)32-19-13-18(28)17(12-15(19)2)27(29,30)31/h4,12-13H,3,5-11,14H2,1-2H3,(H,32,39)(H,41,42). The van der Waals surface area contributed by atoms with Crippen LogP contribution in [0.5, 0.6) is 0 Å². The second-order valence-corrected chi connectivity index (χ2v) is 10.2. The number of fused-ring (bicyclic) bond motifs is 1. The molecule has 0 bridgehead atoms. The number of benzene rings is 1. The molecule has 43 heavy (non-hydrogen) atoms. The Morgan fingerprint density at radius 2 is 1.88 bits per heavy atom. The van der Waals surface area contributed by atoms with Crippen LogP contribution in [0.15, 0.2) is 23.0 Å². The molecule has 4 heterocycles. The summed E-state index contributed by atoms with van der Waals surface area (Å²) in [6.07, 6.45) is -3.38. The average molecular weight is 608 g/mol.